The number of nitrogens with zero attached hydrogens (tertiary/aromatic N) is 1. The third-order valence-corrected chi connectivity index (χ3v) is 4.64. The van der Waals surface area contributed by atoms with Gasteiger partial charge in [0, 0.05) is 24.9 Å². The maximum Gasteiger partial charge on any atom is 0.225 e. The van der Waals surface area contributed by atoms with Gasteiger partial charge in [0.25, 0.3) is 0 Å². The van der Waals surface area contributed by atoms with Gasteiger partial charge in [-0.25, -0.2) is 0 Å². The molecule has 0 aromatic rings. The van der Waals surface area contributed by atoms with E-state index >= 15 is 0 Å². The monoisotopic (exact) mass is 253 g/mol. The Hall–Kier alpha value is -0.570. The van der Waals surface area contributed by atoms with E-state index in [1.54, 1.807) is 0 Å². The average molecular weight is 253 g/mol. The largest absolute Gasteiger partial charge is 0.393 e. The Morgan fingerprint density at radius 2 is 1.94 bits per heavy atom. The smallest absolute Gasteiger partial charge is 0.225 e. The molecule has 3 atom stereocenters. The van der Waals surface area contributed by atoms with Gasteiger partial charge >= 0.3 is 0 Å². The molecule has 104 valence electrons. The van der Waals surface area contributed by atoms with Crippen LogP contribution in [0, 0.1) is 23.2 Å². The highest BCUT2D eigenvalue weighted by Gasteiger charge is 2.41. The summed E-state index contributed by atoms with van der Waals surface area (Å²) in [5, 5.41) is 9.47. The lowest BCUT2D eigenvalue weighted by atomic mass is 9.67. The van der Waals surface area contributed by atoms with E-state index in [-0.39, 0.29) is 12.0 Å². The number of hydrogen-bond donors (Lipinski definition) is 1. The molecule has 3 nitrogen and oxygen atoms in total. The number of rotatable bonds is 2. The molecule has 3 unspecified atom stereocenters. The fourth-order valence-electron chi connectivity index (χ4n) is 3.79. The second-order valence-electron chi connectivity index (χ2n) is 7.35. The van der Waals surface area contributed by atoms with Gasteiger partial charge in [-0.05, 0) is 37.5 Å². The topological polar surface area (TPSA) is 40.5 Å². The lowest BCUT2D eigenvalue weighted by Gasteiger charge is -2.45. The van der Waals surface area contributed by atoms with Crippen LogP contribution < -0.4 is 0 Å². The van der Waals surface area contributed by atoms with Crippen molar-refractivity contribution < 1.29 is 9.90 Å². The maximum absolute atomic E-state index is 12.4. The molecule has 0 spiro atoms. The first kappa shape index (κ1) is 13.9. The normalized spacial score (nSPS) is 33.9. The van der Waals surface area contributed by atoms with Crippen LogP contribution in [0.25, 0.3) is 0 Å². The minimum Gasteiger partial charge on any atom is -0.393 e. The van der Waals surface area contributed by atoms with Crippen molar-refractivity contribution in [2.45, 2.75) is 53.1 Å². The van der Waals surface area contributed by atoms with Gasteiger partial charge in [-0.3, -0.25) is 4.79 Å². The van der Waals surface area contributed by atoms with Gasteiger partial charge in [-0.15, -0.1) is 0 Å². The third kappa shape index (κ3) is 2.87. The van der Waals surface area contributed by atoms with Crippen molar-refractivity contribution in [3.05, 3.63) is 0 Å². The van der Waals surface area contributed by atoms with Gasteiger partial charge < -0.3 is 10.0 Å². The highest BCUT2D eigenvalue weighted by molar-refractivity contribution is 5.79. The summed E-state index contributed by atoms with van der Waals surface area (Å²) in [4.78, 5) is 14.4. The van der Waals surface area contributed by atoms with Crippen LogP contribution in [0.3, 0.4) is 0 Å². The second-order valence-corrected chi connectivity index (χ2v) is 7.35. The van der Waals surface area contributed by atoms with E-state index in [4.69, 9.17) is 0 Å². The number of aliphatic hydroxyl groups is 1. The van der Waals surface area contributed by atoms with Gasteiger partial charge in [-0.2, -0.15) is 0 Å². The van der Waals surface area contributed by atoms with Crippen LogP contribution in [0.4, 0.5) is 0 Å². The first-order chi connectivity index (χ1) is 8.28. The number of amides is 1. The predicted molar refractivity (Wildman–Crippen MR) is 72.0 cm³/mol. The van der Waals surface area contributed by atoms with Gasteiger partial charge in [0.2, 0.25) is 5.91 Å². The highest BCUT2D eigenvalue weighted by atomic mass is 16.3. The molecular weight excluding hydrogens is 226 g/mol. The first-order valence-electron chi connectivity index (χ1n) is 7.25. The van der Waals surface area contributed by atoms with Crippen LogP contribution >= 0.6 is 0 Å². The Balaban J connectivity index is 1.90. The highest BCUT2D eigenvalue weighted by Crippen LogP contribution is 2.42. The summed E-state index contributed by atoms with van der Waals surface area (Å²) in [6, 6.07) is 0. The molecule has 0 aromatic heterocycles. The Bertz CT molecular complexity index is 318. The molecule has 1 heterocycles. The number of carbonyl (C=O) groups is 1. The van der Waals surface area contributed by atoms with Crippen molar-refractivity contribution in [2.24, 2.45) is 23.2 Å². The summed E-state index contributed by atoms with van der Waals surface area (Å²) in [6.07, 6.45) is 3.01. The summed E-state index contributed by atoms with van der Waals surface area (Å²) >= 11 is 0. The van der Waals surface area contributed by atoms with Crippen LogP contribution in [0.1, 0.15) is 47.0 Å². The van der Waals surface area contributed by atoms with E-state index in [1.165, 1.54) is 6.42 Å². The number of aliphatic hydroxyl groups excluding tert-OH is 1. The van der Waals surface area contributed by atoms with Crippen molar-refractivity contribution in [3.8, 4) is 0 Å². The SMILES string of the molecule is CC1CC(C(=O)N2CC(C(C)O)C2)CC(C)(C)C1. The number of likely N-dealkylation sites (tertiary alicyclic amines) is 1. The van der Waals surface area contributed by atoms with Crippen LogP contribution in [0.5, 0.6) is 0 Å². The number of hydrogen-bond acceptors (Lipinski definition) is 2. The molecule has 0 bridgehead atoms. The Morgan fingerprint density at radius 3 is 2.44 bits per heavy atom. The van der Waals surface area contributed by atoms with E-state index in [2.05, 4.69) is 20.8 Å². The minimum absolute atomic E-state index is 0.207. The van der Waals surface area contributed by atoms with Crippen molar-refractivity contribution >= 4 is 5.91 Å². The molecule has 2 fully saturated rings. The molecule has 1 N–H and O–H groups in total. The summed E-state index contributed by atoms with van der Waals surface area (Å²) in [6.45, 7) is 10.1. The Labute approximate surface area is 111 Å². The molecular formula is C15H27NO2. The van der Waals surface area contributed by atoms with E-state index in [1.807, 2.05) is 11.8 Å². The second kappa shape index (κ2) is 4.84. The molecule has 0 radical (unpaired) electrons. The van der Waals surface area contributed by atoms with Crippen molar-refractivity contribution in [3.63, 3.8) is 0 Å². The Morgan fingerprint density at radius 1 is 1.33 bits per heavy atom. The quantitative estimate of drug-likeness (QED) is 0.820. The molecule has 18 heavy (non-hydrogen) atoms. The minimum atomic E-state index is -0.282. The lowest BCUT2D eigenvalue weighted by Crippen LogP contribution is -2.56. The van der Waals surface area contributed by atoms with Crippen LogP contribution in [0.2, 0.25) is 0 Å². The predicted octanol–water partition coefficient (Wildman–Crippen LogP) is 2.29. The zero-order valence-corrected chi connectivity index (χ0v) is 12.1. The first-order valence-corrected chi connectivity index (χ1v) is 7.25. The van der Waals surface area contributed by atoms with Crippen LogP contribution in [0.15, 0.2) is 0 Å². The van der Waals surface area contributed by atoms with Crippen LogP contribution in [-0.2, 0) is 4.79 Å². The molecule has 1 amide bonds. The standard InChI is InChI=1S/C15H27NO2/c1-10-5-12(7-15(3,4)6-10)14(18)16-8-13(9-16)11(2)17/h10-13,17H,5-9H2,1-4H3. The van der Waals surface area contributed by atoms with Crippen LogP contribution in [-0.4, -0.2) is 35.1 Å². The molecule has 2 aliphatic rings. The molecule has 1 aliphatic heterocycles. The zero-order valence-electron chi connectivity index (χ0n) is 12.1. The average Bonchev–Trinajstić information content (AvgIpc) is 2.10. The van der Waals surface area contributed by atoms with Crippen molar-refractivity contribution in [2.75, 3.05) is 13.1 Å². The Kier molecular flexibility index (Phi) is 3.72. The van der Waals surface area contributed by atoms with E-state index in [9.17, 15) is 9.90 Å². The molecule has 2 rings (SSSR count). The maximum atomic E-state index is 12.4. The van der Waals surface area contributed by atoms with E-state index < -0.39 is 0 Å². The summed E-state index contributed by atoms with van der Waals surface area (Å²) in [5.74, 6) is 1.48. The molecule has 1 saturated heterocycles. The molecule has 1 saturated carbocycles. The summed E-state index contributed by atoms with van der Waals surface area (Å²) in [5.41, 5.74) is 0.298. The lowest BCUT2D eigenvalue weighted by molar-refractivity contribution is -0.147. The van der Waals surface area contributed by atoms with E-state index in [0.717, 1.165) is 25.9 Å². The van der Waals surface area contributed by atoms with Gasteiger partial charge in [0.1, 0.15) is 0 Å². The number of carbonyl (C=O) groups excluding carboxylic acids is 1. The molecule has 0 aromatic carbocycles. The third-order valence-electron chi connectivity index (χ3n) is 4.64. The van der Waals surface area contributed by atoms with E-state index in [0.29, 0.717) is 23.2 Å². The molecule has 1 aliphatic carbocycles. The molecule has 3 heteroatoms. The van der Waals surface area contributed by atoms with Crippen molar-refractivity contribution in [1.29, 1.82) is 0 Å². The zero-order chi connectivity index (χ0) is 13.5. The van der Waals surface area contributed by atoms with Gasteiger partial charge in [0.05, 0.1) is 6.10 Å². The van der Waals surface area contributed by atoms with Gasteiger partial charge in [-0.1, -0.05) is 20.8 Å². The summed E-state index contributed by atoms with van der Waals surface area (Å²) < 4.78 is 0. The fraction of sp³-hybridized carbons (Fsp3) is 0.933. The van der Waals surface area contributed by atoms with Gasteiger partial charge in [0.15, 0.2) is 0 Å². The fourth-order valence-corrected chi connectivity index (χ4v) is 3.79. The van der Waals surface area contributed by atoms with Crippen molar-refractivity contribution in [1.82, 2.24) is 4.90 Å². The summed E-state index contributed by atoms with van der Waals surface area (Å²) in [7, 11) is 0.